The summed E-state index contributed by atoms with van der Waals surface area (Å²) in [6, 6.07) is 10.3. The maximum Gasteiger partial charge on any atom is 0.0949 e. The molecule has 0 saturated heterocycles. The maximum atomic E-state index is 5.90. The molecule has 108 valence electrons. The molecule has 1 unspecified atom stereocenters. The number of hydrogen-bond donors (Lipinski definition) is 1. The van der Waals surface area contributed by atoms with Gasteiger partial charge in [-0.05, 0) is 19.0 Å². The summed E-state index contributed by atoms with van der Waals surface area (Å²) >= 11 is 0. The average molecular weight is 267 g/mol. The first-order valence-corrected chi connectivity index (χ1v) is 6.76. The van der Waals surface area contributed by atoms with Gasteiger partial charge < -0.3 is 19.5 Å². The maximum absolute atomic E-state index is 5.90. The van der Waals surface area contributed by atoms with E-state index in [0.717, 1.165) is 13.0 Å². The molecular weight excluding hydrogens is 242 g/mol. The van der Waals surface area contributed by atoms with Crippen LogP contribution < -0.4 is 5.32 Å². The van der Waals surface area contributed by atoms with Gasteiger partial charge in [-0.2, -0.15) is 0 Å². The summed E-state index contributed by atoms with van der Waals surface area (Å²) in [5, 5.41) is 3.16. The van der Waals surface area contributed by atoms with Crippen molar-refractivity contribution in [2.45, 2.75) is 12.5 Å². The first-order chi connectivity index (χ1) is 9.38. The lowest BCUT2D eigenvalue weighted by Crippen LogP contribution is -2.20. The van der Waals surface area contributed by atoms with Crippen LogP contribution in [0, 0.1) is 0 Å². The monoisotopic (exact) mass is 267 g/mol. The van der Waals surface area contributed by atoms with E-state index in [1.54, 1.807) is 7.11 Å². The van der Waals surface area contributed by atoms with Gasteiger partial charge in [0.1, 0.15) is 0 Å². The van der Waals surface area contributed by atoms with Crippen molar-refractivity contribution in [2.75, 3.05) is 47.1 Å². The van der Waals surface area contributed by atoms with Crippen molar-refractivity contribution in [2.24, 2.45) is 0 Å². The Hall–Kier alpha value is -0.940. The Balaban J connectivity index is 2.20. The summed E-state index contributed by atoms with van der Waals surface area (Å²) in [4.78, 5) is 0. The predicted octanol–water partition coefficient (Wildman–Crippen LogP) is 2.02. The molecule has 0 saturated carbocycles. The molecule has 0 aromatic heterocycles. The number of benzene rings is 1. The normalized spacial score (nSPS) is 12.5. The Morgan fingerprint density at radius 2 is 1.84 bits per heavy atom. The predicted molar refractivity (Wildman–Crippen MR) is 76.4 cm³/mol. The van der Waals surface area contributed by atoms with E-state index in [2.05, 4.69) is 17.4 Å². The highest BCUT2D eigenvalue weighted by molar-refractivity contribution is 5.17. The zero-order valence-corrected chi connectivity index (χ0v) is 11.9. The minimum absolute atomic E-state index is 0.102. The molecule has 1 rings (SSSR count). The molecule has 0 aliphatic carbocycles. The number of likely N-dealkylation sites (N-methyl/N-ethyl adjacent to an activating group) is 1. The van der Waals surface area contributed by atoms with Crippen molar-refractivity contribution < 1.29 is 14.2 Å². The molecule has 1 atom stereocenters. The van der Waals surface area contributed by atoms with E-state index >= 15 is 0 Å². The van der Waals surface area contributed by atoms with Gasteiger partial charge in [-0.1, -0.05) is 30.3 Å². The lowest BCUT2D eigenvalue weighted by Gasteiger charge is -2.18. The standard InChI is InChI=1S/C15H25NO3/c1-16-13-15(14-7-4-3-5-8-14)19-10-6-9-18-12-11-17-2/h3-5,7-8,15-16H,6,9-13H2,1-2H3. The van der Waals surface area contributed by atoms with Crippen LogP contribution in [0.25, 0.3) is 0 Å². The van der Waals surface area contributed by atoms with Gasteiger partial charge in [0.05, 0.1) is 19.3 Å². The van der Waals surface area contributed by atoms with Crippen LogP contribution in [0.4, 0.5) is 0 Å². The van der Waals surface area contributed by atoms with Crippen molar-refractivity contribution in [3.8, 4) is 0 Å². The Kier molecular flexibility index (Phi) is 9.27. The van der Waals surface area contributed by atoms with Gasteiger partial charge in [0.15, 0.2) is 0 Å². The van der Waals surface area contributed by atoms with Crippen LogP contribution in [0.5, 0.6) is 0 Å². The highest BCUT2D eigenvalue weighted by Crippen LogP contribution is 2.16. The summed E-state index contributed by atoms with van der Waals surface area (Å²) in [5.41, 5.74) is 1.21. The average Bonchev–Trinajstić information content (AvgIpc) is 2.46. The lowest BCUT2D eigenvalue weighted by molar-refractivity contribution is 0.0237. The summed E-state index contributed by atoms with van der Waals surface area (Å²) in [6.07, 6.45) is 1.00. The molecule has 0 aliphatic heterocycles. The largest absolute Gasteiger partial charge is 0.382 e. The van der Waals surface area contributed by atoms with E-state index in [4.69, 9.17) is 14.2 Å². The molecule has 1 N–H and O–H groups in total. The van der Waals surface area contributed by atoms with Crippen LogP contribution in [-0.2, 0) is 14.2 Å². The molecule has 0 spiro atoms. The van der Waals surface area contributed by atoms with Crippen molar-refractivity contribution in [3.63, 3.8) is 0 Å². The lowest BCUT2D eigenvalue weighted by atomic mass is 10.1. The third-order valence-corrected chi connectivity index (χ3v) is 2.74. The van der Waals surface area contributed by atoms with Crippen molar-refractivity contribution >= 4 is 0 Å². The molecule has 0 amide bonds. The molecule has 0 bridgehead atoms. The third kappa shape index (κ3) is 7.28. The van der Waals surface area contributed by atoms with Crippen LogP contribution in [0.1, 0.15) is 18.1 Å². The summed E-state index contributed by atoms with van der Waals surface area (Å²) in [6.45, 7) is 3.52. The topological polar surface area (TPSA) is 39.7 Å². The van der Waals surface area contributed by atoms with Crippen molar-refractivity contribution in [3.05, 3.63) is 35.9 Å². The molecule has 0 heterocycles. The van der Waals surface area contributed by atoms with Gasteiger partial charge in [0.25, 0.3) is 0 Å². The number of nitrogens with one attached hydrogen (secondary N) is 1. The quantitative estimate of drug-likeness (QED) is 0.623. The van der Waals surface area contributed by atoms with E-state index in [9.17, 15) is 0 Å². The SMILES string of the molecule is CNCC(OCCCOCCOC)c1ccccc1. The fourth-order valence-electron chi connectivity index (χ4n) is 1.76. The molecule has 0 aliphatic rings. The van der Waals surface area contributed by atoms with E-state index < -0.39 is 0 Å². The second-order valence-corrected chi connectivity index (χ2v) is 4.29. The van der Waals surface area contributed by atoms with Gasteiger partial charge >= 0.3 is 0 Å². The second-order valence-electron chi connectivity index (χ2n) is 4.29. The van der Waals surface area contributed by atoms with Gasteiger partial charge in [-0.3, -0.25) is 0 Å². The molecule has 4 heteroatoms. The zero-order valence-electron chi connectivity index (χ0n) is 11.9. The first kappa shape index (κ1) is 16.1. The molecule has 1 aromatic rings. The van der Waals surface area contributed by atoms with Crippen LogP contribution in [0.15, 0.2) is 30.3 Å². The summed E-state index contributed by atoms with van der Waals surface area (Å²) in [7, 11) is 3.61. The molecular formula is C15H25NO3. The van der Waals surface area contributed by atoms with E-state index in [1.165, 1.54) is 5.56 Å². The van der Waals surface area contributed by atoms with Crippen LogP contribution in [0.3, 0.4) is 0 Å². The van der Waals surface area contributed by atoms with Crippen LogP contribution in [-0.4, -0.2) is 47.1 Å². The number of rotatable bonds is 11. The minimum atomic E-state index is 0.102. The molecule has 4 nitrogen and oxygen atoms in total. The fraction of sp³-hybridized carbons (Fsp3) is 0.600. The van der Waals surface area contributed by atoms with Gasteiger partial charge in [-0.25, -0.2) is 0 Å². The van der Waals surface area contributed by atoms with E-state index in [0.29, 0.717) is 26.4 Å². The Morgan fingerprint density at radius 1 is 1.05 bits per heavy atom. The highest BCUT2D eigenvalue weighted by atomic mass is 16.5. The molecule has 0 fully saturated rings. The third-order valence-electron chi connectivity index (χ3n) is 2.74. The van der Waals surface area contributed by atoms with Crippen molar-refractivity contribution in [1.82, 2.24) is 5.32 Å². The number of hydrogen-bond acceptors (Lipinski definition) is 4. The molecule has 0 radical (unpaired) electrons. The summed E-state index contributed by atoms with van der Waals surface area (Å²) < 4.78 is 16.2. The molecule has 19 heavy (non-hydrogen) atoms. The van der Waals surface area contributed by atoms with Crippen LogP contribution >= 0.6 is 0 Å². The fourth-order valence-corrected chi connectivity index (χ4v) is 1.76. The van der Waals surface area contributed by atoms with Gasteiger partial charge in [-0.15, -0.1) is 0 Å². The van der Waals surface area contributed by atoms with Gasteiger partial charge in [0.2, 0.25) is 0 Å². The smallest absolute Gasteiger partial charge is 0.0949 e. The molecule has 1 aromatic carbocycles. The van der Waals surface area contributed by atoms with Gasteiger partial charge in [0, 0.05) is 26.9 Å². The van der Waals surface area contributed by atoms with E-state index in [1.807, 2.05) is 25.2 Å². The van der Waals surface area contributed by atoms with Crippen LogP contribution in [0.2, 0.25) is 0 Å². The number of methoxy groups -OCH3 is 1. The van der Waals surface area contributed by atoms with E-state index in [-0.39, 0.29) is 6.10 Å². The first-order valence-electron chi connectivity index (χ1n) is 6.76. The second kappa shape index (κ2) is 10.9. The highest BCUT2D eigenvalue weighted by Gasteiger charge is 2.09. The minimum Gasteiger partial charge on any atom is -0.382 e. The Bertz CT molecular complexity index is 306. The van der Waals surface area contributed by atoms with Crippen molar-refractivity contribution in [1.29, 1.82) is 0 Å². The Labute approximate surface area is 116 Å². The summed E-state index contributed by atoms with van der Waals surface area (Å²) in [5.74, 6) is 0. The number of ether oxygens (including phenoxy) is 3. The zero-order chi connectivity index (χ0) is 13.8. The Morgan fingerprint density at radius 3 is 2.53 bits per heavy atom.